The van der Waals surface area contributed by atoms with E-state index in [-0.39, 0.29) is 30.7 Å². The number of rotatable bonds is 4. The Hall–Kier alpha value is -3.59. The molecule has 0 atom stereocenters. The molecule has 0 bridgehead atoms. The van der Waals surface area contributed by atoms with Crippen LogP contribution in [0.25, 0.3) is 0 Å². The molecule has 0 spiro atoms. The normalized spacial score (nSPS) is 17.7. The number of ether oxygens (including phenoxy) is 2. The molecule has 1 saturated heterocycles. The van der Waals surface area contributed by atoms with Crippen molar-refractivity contribution in [1.82, 2.24) is 14.7 Å². The van der Waals surface area contributed by atoms with Crippen LogP contribution >= 0.6 is 0 Å². The molecule has 5 rings (SSSR count). The SMILES string of the molecule is CC(C)N1C(=O)c2ccc(NC(=O)N3CCN(Cc4ccc5c(c4)OCO5)CC3)cc2C1=O. The highest BCUT2D eigenvalue weighted by molar-refractivity contribution is 6.22. The van der Waals surface area contributed by atoms with E-state index in [1.807, 2.05) is 18.2 Å². The zero-order valence-corrected chi connectivity index (χ0v) is 18.7. The Morgan fingerprint density at radius 3 is 2.42 bits per heavy atom. The van der Waals surface area contributed by atoms with Gasteiger partial charge in [-0.15, -0.1) is 0 Å². The molecule has 0 aromatic heterocycles. The number of nitrogens with zero attached hydrogens (tertiary/aromatic N) is 3. The summed E-state index contributed by atoms with van der Waals surface area (Å²) in [6, 6.07) is 10.4. The lowest BCUT2D eigenvalue weighted by atomic mass is 10.1. The number of amides is 4. The number of imide groups is 1. The fourth-order valence-electron chi connectivity index (χ4n) is 4.42. The second-order valence-electron chi connectivity index (χ2n) is 8.72. The van der Waals surface area contributed by atoms with Crippen LogP contribution in [-0.4, -0.2) is 71.6 Å². The molecule has 0 unspecified atom stereocenters. The summed E-state index contributed by atoms with van der Waals surface area (Å²) in [5, 5.41) is 2.87. The van der Waals surface area contributed by atoms with Gasteiger partial charge in [-0.25, -0.2) is 4.79 Å². The van der Waals surface area contributed by atoms with Gasteiger partial charge in [-0.1, -0.05) is 6.07 Å². The minimum Gasteiger partial charge on any atom is -0.454 e. The molecule has 3 aliphatic heterocycles. The molecule has 1 N–H and O–H groups in total. The van der Waals surface area contributed by atoms with Gasteiger partial charge in [-0.2, -0.15) is 0 Å². The van der Waals surface area contributed by atoms with Gasteiger partial charge in [-0.05, 0) is 49.7 Å². The summed E-state index contributed by atoms with van der Waals surface area (Å²) in [7, 11) is 0. The molecule has 172 valence electrons. The molecule has 3 heterocycles. The maximum atomic E-state index is 12.8. The first-order chi connectivity index (χ1) is 15.9. The first-order valence-corrected chi connectivity index (χ1v) is 11.1. The van der Waals surface area contributed by atoms with E-state index in [1.165, 1.54) is 4.90 Å². The van der Waals surface area contributed by atoms with Crippen molar-refractivity contribution >= 4 is 23.5 Å². The lowest BCUT2D eigenvalue weighted by Gasteiger charge is -2.34. The quantitative estimate of drug-likeness (QED) is 0.721. The number of benzene rings is 2. The number of fused-ring (bicyclic) bond motifs is 2. The average molecular weight is 450 g/mol. The number of hydrogen-bond donors (Lipinski definition) is 1. The zero-order chi connectivity index (χ0) is 23.1. The maximum absolute atomic E-state index is 12.8. The highest BCUT2D eigenvalue weighted by Gasteiger charge is 2.37. The lowest BCUT2D eigenvalue weighted by Crippen LogP contribution is -2.49. The highest BCUT2D eigenvalue weighted by atomic mass is 16.7. The second kappa shape index (κ2) is 8.40. The molecule has 33 heavy (non-hydrogen) atoms. The second-order valence-corrected chi connectivity index (χ2v) is 8.72. The van der Waals surface area contributed by atoms with Crippen LogP contribution in [0.15, 0.2) is 36.4 Å². The van der Waals surface area contributed by atoms with Crippen LogP contribution in [0.5, 0.6) is 11.5 Å². The van der Waals surface area contributed by atoms with Crippen molar-refractivity contribution in [2.75, 3.05) is 38.3 Å². The largest absolute Gasteiger partial charge is 0.454 e. The third-order valence-electron chi connectivity index (χ3n) is 6.19. The average Bonchev–Trinajstić information content (AvgIpc) is 3.36. The van der Waals surface area contributed by atoms with Crippen molar-refractivity contribution in [2.45, 2.75) is 26.4 Å². The van der Waals surface area contributed by atoms with Crippen molar-refractivity contribution in [3.05, 3.63) is 53.1 Å². The minimum atomic E-state index is -0.321. The topological polar surface area (TPSA) is 91.4 Å². The Morgan fingerprint density at radius 2 is 1.67 bits per heavy atom. The van der Waals surface area contributed by atoms with E-state index in [1.54, 1.807) is 36.9 Å². The molecule has 0 radical (unpaired) electrons. The van der Waals surface area contributed by atoms with E-state index in [4.69, 9.17) is 9.47 Å². The molecule has 9 nitrogen and oxygen atoms in total. The molecule has 4 amide bonds. The van der Waals surface area contributed by atoms with E-state index in [2.05, 4.69) is 10.2 Å². The van der Waals surface area contributed by atoms with Crippen molar-refractivity contribution < 1.29 is 23.9 Å². The molecule has 2 aromatic carbocycles. The van der Waals surface area contributed by atoms with E-state index in [0.717, 1.165) is 36.7 Å². The standard InChI is InChI=1S/C24H26N4O5/c1-15(2)28-22(29)18-5-4-17(12-19(18)23(28)30)25-24(31)27-9-7-26(8-10-27)13-16-3-6-20-21(11-16)33-14-32-20/h3-6,11-12,15H,7-10,13-14H2,1-2H3,(H,25,31). The van der Waals surface area contributed by atoms with Crippen molar-refractivity contribution in [3.8, 4) is 11.5 Å². The van der Waals surface area contributed by atoms with Crippen LogP contribution in [0.3, 0.4) is 0 Å². The summed E-state index contributed by atoms with van der Waals surface area (Å²) in [6.45, 7) is 7.34. The third-order valence-corrected chi connectivity index (χ3v) is 6.19. The number of nitrogens with one attached hydrogen (secondary N) is 1. The molecule has 2 aromatic rings. The number of carbonyl (C=O) groups is 3. The van der Waals surface area contributed by atoms with E-state index < -0.39 is 0 Å². The summed E-state index contributed by atoms with van der Waals surface area (Å²) in [5.41, 5.74) is 2.36. The Morgan fingerprint density at radius 1 is 0.939 bits per heavy atom. The monoisotopic (exact) mass is 450 g/mol. The van der Waals surface area contributed by atoms with Crippen LogP contribution in [-0.2, 0) is 6.54 Å². The Balaban J connectivity index is 1.17. The van der Waals surface area contributed by atoms with Crippen molar-refractivity contribution in [1.29, 1.82) is 0 Å². The van der Waals surface area contributed by atoms with Crippen LogP contribution in [0.4, 0.5) is 10.5 Å². The first kappa shape index (κ1) is 21.3. The van der Waals surface area contributed by atoms with Gasteiger partial charge < -0.3 is 19.7 Å². The van der Waals surface area contributed by atoms with Crippen molar-refractivity contribution in [2.24, 2.45) is 0 Å². The Labute approximate surface area is 191 Å². The number of hydrogen-bond acceptors (Lipinski definition) is 6. The number of piperazine rings is 1. The third kappa shape index (κ3) is 4.00. The molecule has 9 heteroatoms. The fraction of sp³-hybridized carbons (Fsp3) is 0.375. The zero-order valence-electron chi connectivity index (χ0n) is 18.7. The fourth-order valence-corrected chi connectivity index (χ4v) is 4.42. The van der Waals surface area contributed by atoms with Crippen LogP contribution in [0.2, 0.25) is 0 Å². The maximum Gasteiger partial charge on any atom is 0.321 e. The van der Waals surface area contributed by atoms with Crippen LogP contribution in [0, 0.1) is 0 Å². The van der Waals surface area contributed by atoms with Gasteiger partial charge in [0.2, 0.25) is 6.79 Å². The smallest absolute Gasteiger partial charge is 0.321 e. The molecule has 3 aliphatic rings. The molecule has 0 saturated carbocycles. The minimum absolute atomic E-state index is 0.213. The predicted octanol–water partition coefficient (Wildman–Crippen LogP) is 2.77. The van der Waals surface area contributed by atoms with E-state index in [9.17, 15) is 14.4 Å². The Kier molecular flexibility index (Phi) is 5.41. The summed E-state index contributed by atoms with van der Waals surface area (Å²) in [5.74, 6) is 0.936. The van der Waals surface area contributed by atoms with Crippen LogP contribution < -0.4 is 14.8 Å². The van der Waals surface area contributed by atoms with Crippen molar-refractivity contribution in [3.63, 3.8) is 0 Å². The number of carbonyl (C=O) groups excluding carboxylic acids is 3. The molecular weight excluding hydrogens is 424 g/mol. The number of urea groups is 1. The summed E-state index contributed by atoms with van der Waals surface area (Å²) in [4.78, 5) is 43.1. The molecule has 0 aliphatic carbocycles. The van der Waals surface area contributed by atoms with Gasteiger partial charge in [0, 0.05) is 44.5 Å². The summed E-state index contributed by atoms with van der Waals surface area (Å²) < 4.78 is 10.8. The van der Waals surface area contributed by atoms with Gasteiger partial charge in [0.25, 0.3) is 11.8 Å². The van der Waals surface area contributed by atoms with Gasteiger partial charge in [-0.3, -0.25) is 19.4 Å². The van der Waals surface area contributed by atoms with Gasteiger partial charge >= 0.3 is 6.03 Å². The summed E-state index contributed by atoms with van der Waals surface area (Å²) >= 11 is 0. The van der Waals surface area contributed by atoms with Gasteiger partial charge in [0.1, 0.15) is 0 Å². The first-order valence-electron chi connectivity index (χ1n) is 11.1. The predicted molar refractivity (Wildman–Crippen MR) is 121 cm³/mol. The number of anilines is 1. The lowest BCUT2D eigenvalue weighted by molar-refractivity contribution is 0.0609. The van der Waals surface area contributed by atoms with Crippen LogP contribution in [0.1, 0.15) is 40.1 Å². The summed E-state index contributed by atoms with van der Waals surface area (Å²) in [6.07, 6.45) is 0. The Bertz CT molecular complexity index is 1120. The van der Waals surface area contributed by atoms with E-state index >= 15 is 0 Å². The molecule has 1 fully saturated rings. The van der Waals surface area contributed by atoms with E-state index in [0.29, 0.717) is 29.9 Å². The molecular formula is C24H26N4O5. The highest BCUT2D eigenvalue weighted by Crippen LogP contribution is 2.33. The van der Waals surface area contributed by atoms with Gasteiger partial charge in [0.05, 0.1) is 11.1 Å². The van der Waals surface area contributed by atoms with Gasteiger partial charge in [0.15, 0.2) is 11.5 Å².